The third-order valence-electron chi connectivity index (χ3n) is 5.09. The van der Waals surface area contributed by atoms with Gasteiger partial charge in [-0.2, -0.15) is 13.2 Å². The quantitative estimate of drug-likeness (QED) is 0.453. The number of rotatable bonds is 10. The molecule has 1 aliphatic rings. The van der Waals surface area contributed by atoms with Gasteiger partial charge in [0.2, 0.25) is 0 Å². The van der Waals surface area contributed by atoms with Crippen LogP contribution < -0.4 is 14.8 Å². The van der Waals surface area contributed by atoms with Crippen molar-refractivity contribution < 1.29 is 35.9 Å². The number of sulfonamides is 1. The second-order valence-corrected chi connectivity index (χ2v) is 9.81. The van der Waals surface area contributed by atoms with Crippen molar-refractivity contribution in [2.24, 2.45) is 0 Å². The van der Waals surface area contributed by atoms with E-state index in [1.807, 2.05) is 0 Å². The molecule has 0 atom stereocenters. The average molecular weight is 536 g/mol. The maximum atomic E-state index is 12.9. The van der Waals surface area contributed by atoms with E-state index in [0.717, 1.165) is 44.3 Å². The van der Waals surface area contributed by atoms with Crippen molar-refractivity contribution in [3.8, 4) is 5.75 Å². The Kier molecular flexibility index (Phi) is 9.22. The van der Waals surface area contributed by atoms with Crippen molar-refractivity contribution in [3.63, 3.8) is 0 Å². The van der Waals surface area contributed by atoms with Gasteiger partial charge in [-0.3, -0.25) is 14.4 Å². The van der Waals surface area contributed by atoms with Crippen LogP contribution in [0.1, 0.15) is 12.0 Å². The van der Waals surface area contributed by atoms with Gasteiger partial charge in [-0.25, -0.2) is 8.42 Å². The average Bonchev–Trinajstić information content (AvgIpc) is 2.81. The summed E-state index contributed by atoms with van der Waals surface area (Å²) >= 11 is 6.11. The molecule has 192 valence electrons. The number of anilines is 1. The van der Waals surface area contributed by atoms with E-state index in [1.54, 1.807) is 0 Å². The Morgan fingerprint density at radius 3 is 2.57 bits per heavy atom. The molecule has 2 aromatic carbocycles. The van der Waals surface area contributed by atoms with Gasteiger partial charge in [-0.05, 0) is 49.4 Å². The summed E-state index contributed by atoms with van der Waals surface area (Å²) in [7, 11) is -4.22. The Morgan fingerprint density at radius 2 is 1.89 bits per heavy atom. The third kappa shape index (κ3) is 8.27. The molecule has 1 amide bonds. The first kappa shape index (κ1) is 27.1. The largest absolute Gasteiger partial charge is 0.482 e. The van der Waals surface area contributed by atoms with Crippen molar-refractivity contribution in [1.29, 1.82) is 0 Å². The minimum absolute atomic E-state index is 0.0722. The van der Waals surface area contributed by atoms with Crippen LogP contribution in [-0.4, -0.2) is 65.2 Å². The molecule has 35 heavy (non-hydrogen) atoms. The van der Waals surface area contributed by atoms with Crippen LogP contribution in [0.4, 0.5) is 18.9 Å². The van der Waals surface area contributed by atoms with Crippen LogP contribution in [0.2, 0.25) is 5.02 Å². The van der Waals surface area contributed by atoms with Gasteiger partial charge in [-0.1, -0.05) is 17.7 Å². The zero-order chi connectivity index (χ0) is 25.5. The molecule has 0 bridgehead atoms. The third-order valence-corrected chi connectivity index (χ3v) is 6.77. The van der Waals surface area contributed by atoms with E-state index in [1.165, 1.54) is 18.2 Å². The number of benzene rings is 2. The summed E-state index contributed by atoms with van der Waals surface area (Å²) in [6.07, 6.45) is -3.84. The lowest BCUT2D eigenvalue weighted by molar-refractivity contribution is -0.137. The molecule has 0 saturated carbocycles. The van der Waals surface area contributed by atoms with Crippen molar-refractivity contribution in [2.75, 3.05) is 50.7 Å². The highest BCUT2D eigenvalue weighted by atomic mass is 35.5. The second kappa shape index (κ2) is 11.9. The fourth-order valence-electron chi connectivity index (χ4n) is 3.29. The van der Waals surface area contributed by atoms with Crippen molar-refractivity contribution in [3.05, 3.63) is 53.1 Å². The number of morpholine rings is 1. The van der Waals surface area contributed by atoms with E-state index in [4.69, 9.17) is 21.1 Å². The molecule has 1 fully saturated rings. The molecule has 3 rings (SSSR count). The molecule has 0 radical (unpaired) electrons. The number of carbonyl (C=O) groups excluding carboxylic acids is 1. The topological polar surface area (TPSA) is 97.0 Å². The van der Waals surface area contributed by atoms with Crippen molar-refractivity contribution in [2.45, 2.75) is 17.5 Å². The standard InChI is InChI=1S/C22H25ClF3N3O5S/c23-19-14-18(35(31,32)28-17-4-1-3-16(13-17)22(24,25)26)5-6-20(19)34-15-21(30)27-7-2-8-29-9-11-33-12-10-29/h1,3-6,13-14,28H,2,7-12,15H2,(H,27,30). The van der Waals surface area contributed by atoms with Crippen LogP contribution in [0.15, 0.2) is 47.4 Å². The Bertz CT molecular complexity index is 1130. The van der Waals surface area contributed by atoms with Crippen LogP contribution in [-0.2, 0) is 25.7 Å². The Hall–Kier alpha value is -2.54. The van der Waals surface area contributed by atoms with Crippen molar-refractivity contribution >= 4 is 33.2 Å². The molecule has 2 aromatic rings. The zero-order valence-electron chi connectivity index (χ0n) is 18.6. The number of nitrogens with one attached hydrogen (secondary N) is 2. The van der Waals surface area contributed by atoms with Gasteiger partial charge in [0.1, 0.15) is 5.75 Å². The first-order chi connectivity index (χ1) is 16.5. The predicted molar refractivity (Wildman–Crippen MR) is 124 cm³/mol. The van der Waals surface area contributed by atoms with E-state index in [0.29, 0.717) is 25.8 Å². The predicted octanol–water partition coefficient (Wildman–Crippen LogP) is 3.38. The Balaban J connectivity index is 1.50. The summed E-state index contributed by atoms with van der Waals surface area (Å²) in [5, 5.41) is 2.67. The Labute approximate surface area is 206 Å². The zero-order valence-corrected chi connectivity index (χ0v) is 20.2. The summed E-state index contributed by atoms with van der Waals surface area (Å²) in [5.74, 6) is -0.265. The molecule has 13 heteroatoms. The normalized spacial score (nSPS) is 15.0. The highest BCUT2D eigenvalue weighted by molar-refractivity contribution is 7.92. The lowest BCUT2D eigenvalue weighted by atomic mass is 10.2. The summed E-state index contributed by atoms with van der Waals surface area (Å²) < 4.78 is 76.5. The van der Waals surface area contributed by atoms with Gasteiger partial charge in [0, 0.05) is 25.3 Å². The van der Waals surface area contributed by atoms with Crippen LogP contribution in [0.5, 0.6) is 5.75 Å². The molecule has 1 aliphatic heterocycles. The maximum Gasteiger partial charge on any atom is 0.416 e. The smallest absolute Gasteiger partial charge is 0.416 e. The number of alkyl halides is 3. The van der Waals surface area contributed by atoms with E-state index in [9.17, 15) is 26.4 Å². The first-order valence-electron chi connectivity index (χ1n) is 10.7. The molecule has 1 saturated heterocycles. The van der Waals surface area contributed by atoms with E-state index in [-0.39, 0.29) is 33.9 Å². The first-order valence-corrected chi connectivity index (χ1v) is 12.6. The van der Waals surface area contributed by atoms with E-state index < -0.39 is 21.8 Å². The monoisotopic (exact) mass is 535 g/mol. The van der Waals surface area contributed by atoms with Crippen LogP contribution in [0.25, 0.3) is 0 Å². The van der Waals surface area contributed by atoms with Gasteiger partial charge in [0.05, 0.1) is 28.7 Å². The summed E-state index contributed by atoms with van der Waals surface area (Å²) in [4.78, 5) is 14.0. The summed E-state index contributed by atoms with van der Waals surface area (Å²) in [5.41, 5.74) is -1.24. The molecule has 1 heterocycles. The highest BCUT2D eigenvalue weighted by Gasteiger charge is 2.30. The molecule has 0 aliphatic carbocycles. The van der Waals surface area contributed by atoms with E-state index in [2.05, 4.69) is 14.9 Å². The van der Waals surface area contributed by atoms with Gasteiger partial charge in [-0.15, -0.1) is 0 Å². The fraction of sp³-hybridized carbons (Fsp3) is 0.409. The molecule has 2 N–H and O–H groups in total. The lowest BCUT2D eigenvalue weighted by Gasteiger charge is -2.26. The number of carbonyl (C=O) groups is 1. The molecule has 0 unspecified atom stereocenters. The van der Waals surface area contributed by atoms with Crippen LogP contribution >= 0.6 is 11.6 Å². The Morgan fingerprint density at radius 1 is 1.14 bits per heavy atom. The number of hydrogen-bond acceptors (Lipinski definition) is 6. The molecular weight excluding hydrogens is 511 g/mol. The maximum absolute atomic E-state index is 12.9. The molecule has 0 spiro atoms. The molecular formula is C22H25ClF3N3O5S. The van der Waals surface area contributed by atoms with Gasteiger partial charge in [0.25, 0.3) is 15.9 Å². The second-order valence-electron chi connectivity index (χ2n) is 7.72. The summed E-state index contributed by atoms with van der Waals surface area (Å²) in [6.45, 7) is 4.18. The number of nitrogens with zero attached hydrogens (tertiary/aromatic N) is 1. The van der Waals surface area contributed by atoms with Crippen molar-refractivity contribution in [1.82, 2.24) is 10.2 Å². The number of halogens is 4. The molecule has 0 aromatic heterocycles. The van der Waals surface area contributed by atoms with E-state index >= 15 is 0 Å². The highest BCUT2D eigenvalue weighted by Crippen LogP contribution is 2.32. The van der Waals surface area contributed by atoms with Crippen LogP contribution in [0, 0.1) is 0 Å². The number of hydrogen-bond donors (Lipinski definition) is 2. The minimum Gasteiger partial charge on any atom is -0.482 e. The fourth-order valence-corrected chi connectivity index (χ4v) is 4.66. The minimum atomic E-state index is -4.61. The molecule has 8 nitrogen and oxygen atoms in total. The lowest BCUT2D eigenvalue weighted by Crippen LogP contribution is -2.38. The summed E-state index contributed by atoms with van der Waals surface area (Å²) in [6, 6.07) is 7.36. The number of amides is 1. The number of ether oxygens (including phenoxy) is 2. The SMILES string of the molecule is O=C(COc1ccc(S(=O)(=O)Nc2cccc(C(F)(F)F)c2)cc1Cl)NCCCN1CCOCC1. The van der Waals surface area contributed by atoms with Gasteiger partial charge < -0.3 is 14.8 Å². The van der Waals surface area contributed by atoms with Crippen LogP contribution in [0.3, 0.4) is 0 Å². The van der Waals surface area contributed by atoms with Gasteiger partial charge >= 0.3 is 6.18 Å². The van der Waals surface area contributed by atoms with Gasteiger partial charge in [0.15, 0.2) is 6.61 Å².